The Morgan fingerprint density at radius 1 is 0.935 bits per heavy atom. The summed E-state index contributed by atoms with van der Waals surface area (Å²) in [6, 6.07) is 20.8. The molecule has 0 saturated heterocycles. The predicted molar refractivity (Wildman–Crippen MR) is 114 cm³/mol. The van der Waals surface area contributed by atoms with Crippen LogP contribution in [0.25, 0.3) is 0 Å². The molecule has 7 heteroatoms. The van der Waals surface area contributed by atoms with E-state index in [4.69, 9.17) is 4.74 Å². The quantitative estimate of drug-likeness (QED) is 0.570. The molecule has 0 unspecified atom stereocenters. The maximum Gasteiger partial charge on any atom is 0.326 e. The fourth-order valence-corrected chi connectivity index (χ4v) is 2.80. The van der Waals surface area contributed by atoms with Gasteiger partial charge in [0.25, 0.3) is 11.8 Å². The van der Waals surface area contributed by atoms with Gasteiger partial charge in [-0.15, -0.1) is 0 Å². The summed E-state index contributed by atoms with van der Waals surface area (Å²) in [5.74, 6) is -2.53. The second kappa shape index (κ2) is 10.2. The number of carbonyl (C=O) groups excluding carboxylic acids is 3. The summed E-state index contributed by atoms with van der Waals surface area (Å²) in [5.41, 5.74) is 2.16. The van der Waals surface area contributed by atoms with Crippen LogP contribution in [0, 0.1) is 12.7 Å². The van der Waals surface area contributed by atoms with Gasteiger partial charge in [-0.1, -0.05) is 54.1 Å². The van der Waals surface area contributed by atoms with Crippen LogP contribution in [0.5, 0.6) is 0 Å². The molecule has 3 rings (SSSR count). The van der Waals surface area contributed by atoms with E-state index < -0.39 is 36.2 Å². The summed E-state index contributed by atoms with van der Waals surface area (Å²) in [7, 11) is 0. The van der Waals surface area contributed by atoms with Crippen LogP contribution < -0.4 is 10.6 Å². The molecule has 0 aliphatic rings. The van der Waals surface area contributed by atoms with Crippen LogP contribution in [-0.2, 0) is 14.3 Å². The van der Waals surface area contributed by atoms with Crippen molar-refractivity contribution < 1.29 is 23.5 Å². The van der Waals surface area contributed by atoms with Crippen LogP contribution in [0.1, 0.15) is 27.6 Å². The van der Waals surface area contributed by atoms with Gasteiger partial charge in [-0.2, -0.15) is 0 Å². The Bertz CT molecular complexity index is 1070. The maximum absolute atomic E-state index is 13.3. The predicted octanol–water partition coefficient (Wildman–Crippen LogP) is 3.79. The molecule has 0 spiro atoms. The van der Waals surface area contributed by atoms with Gasteiger partial charge in [-0.05, 0) is 37.3 Å². The molecule has 0 aromatic heterocycles. The van der Waals surface area contributed by atoms with Crippen molar-refractivity contribution >= 4 is 23.5 Å². The zero-order valence-electron chi connectivity index (χ0n) is 16.8. The molecule has 0 bridgehead atoms. The molecule has 0 saturated carbocycles. The number of benzene rings is 3. The fraction of sp³-hybridized carbons (Fsp3) is 0.125. The van der Waals surface area contributed by atoms with Crippen LogP contribution >= 0.6 is 0 Å². The lowest BCUT2D eigenvalue weighted by molar-refractivity contribution is -0.153. The molecule has 0 radical (unpaired) electrons. The molecule has 6 nitrogen and oxygen atoms in total. The molecule has 31 heavy (non-hydrogen) atoms. The normalized spacial score (nSPS) is 11.3. The Labute approximate surface area is 179 Å². The zero-order valence-corrected chi connectivity index (χ0v) is 16.8. The monoisotopic (exact) mass is 420 g/mol. The first kappa shape index (κ1) is 21.7. The Morgan fingerprint density at radius 2 is 1.65 bits per heavy atom. The molecule has 3 aromatic rings. The topological polar surface area (TPSA) is 84.5 Å². The largest absolute Gasteiger partial charge is 0.446 e. The van der Waals surface area contributed by atoms with Crippen LogP contribution in [0.2, 0.25) is 0 Å². The molecule has 3 aromatic carbocycles. The SMILES string of the molecule is Cc1ccc(NC(=O)[C@@H](OC(=O)CNC(=O)c2cccc(F)c2)c2ccccc2)cc1. The van der Waals surface area contributed by atoms with Crippen molar-refractivity contribution in [1.82, 2.24) is 5.32 Å². The van der Waals surface area contributed by atoms with Crippen molar-refractivity contribution in [3.05, 3.63) is 101 Å². The van der Waals surface area contributed by atoms with Crippen LogP contribution in [0.15, 0.2) is 78.9 Å². The van der Waals surface area contributed by atoms with Crippen molar-refractivity contribution in [2.24, 2.45) is 0 Å². The molecule has 1 atom stereocenters. The Balaban J connectivity index is 1.66. The summed E-state index contributed by atoms with van der Waals surface area (Å²) in [6.07, 6.45) is -1.21. The lowest BCUT2D eigenvalue weighted by atomic mass is 10.1. The number of aryl methyl sites for hydroxylation is 1. The molecule has 2 amide bonds. The van der Waals surface area contributed by atoms with Crippen molar-refractivity contribution in [2.75, 3.05) is 11.9 Å². The molecular formula is C24H21FN2O4. The minimum Gasteiger partial charge on any atom is -0.446 e. The van der Waals surface area contributed by atoms with E-state index in [1.165, 1.54) is 18.2 Å². The average Bonchev–Trinajstić information content (AvgIpc) is 2.78. The van der Waals surface area contributed by atoms with E-state index in [-0.39, 0.29) is 5.56 Å². The van der Waals surface area contributed by atoms with Gasteiger partial charge in [-0.25, -0.2) is 4.39 Å². The van der Waals surface area contributed by atoms with Gasteiger partial charge in [0.2, 0.25) is 6.10 Å². The van der Waals surface area contributed by atoms with E-state index in [1.807, 2.05) is 19.1 Å². The maximum atomic E-state index is 13.3. The molecule has 158 valence electrons. The number of rotatable bonds is 7. The van der Waals surface area contributed by atoms with Gasteiger partial charge in [0.1, 0.15) is 12.4 Å². The van der Waals surface area contributed by atoms with Gasteiger partial charge in [0.05, 0.1) is 0 Å². The third-order valence-corrected chi connectivity index (χ3v) is 4.39. The van der Waals surface area contributed by atoms with E-state index in [9.17, 15) is 18.8 Å². The molecule has 0 aliphatic carbocycles. The Kier molecular flexibility index (Phi) is 7.11. The second-order valence-corrected chi connectivity index (χ2v) is 6.83. The fourth-order valence-electron chi connectivity index (χ4n) is 2.80. The minimum atomic E-state index is -1.21. The molecule has 0 fully saturated rings. The lowest BCUT2D eigenvalue weighted by Gasteiger charge is -2.18. The van der Waals surface area contributed by atoms with E-state index in [2.05, 4.69) is 10.6 Å². The summed E-state index contributed by atoms with van der Waals surface area (Å²) >= 11 is 0. The molecule has 0 aliphatic heterocycles. The zero-order chi connectivity index (χ0) is 22.2. The number of nitrogens with one attached hydrogen (secondary N) is 2. The number of esters is 1. The third-order valence-electron chi connectivity index (χ3n) is 4.39. The first-order valence-corrected chi connectivity index (χ1v) is 9.58. The van der Waals surface area contributed by atoms with E-state index >= 15 is 0 Å². The number of amides is 2. The summed E-state index contributed by atoms with van der Waals surface area (Å²) in [5, 5.41) is 5.09. The highest BCUT2D eigenvalue weighted by molar-refractivity contribution is 5.97. The van der Waals surface area contributed by atoms with Gasteiger partial charge in [0, 0.05) is 16.8 Å². The Morgan fingerprint density at radius 3 is 2.32 bits per heavy atom. The molecule has 0 heterocycles. The first-order valence-electron chi connectivity index (χ1n) is 9.58. The number of hydrogen-bond donors (Lipinski definition) is 2. The van der Waals surface area contributed by atoms with Crippen LogP contribution in [-0.4, -0.2) is 24.3 Å². The van der Waals surface area contributed by atoms with Gasteiger partial charge < -0.3 is 15.4 Å². The highest BCUT2D eigenvalue weighted by Gasteiger charge is 2.25. The minimum absolute atomic E-state index is 0.0736. The number of hydrogen-bond acceptors (Lipinski definition) is 4. The summed E-state index contributed by atoms with van der Waals surface area (Å²) in [4.78, 5) is 37.2. The lowest BCUT2D eigenvalue weighted by Crippen LogP contribution is -2.33. The van der Waals surface area contributed by atoms with Crippen molar-refractivity contribution in [3.63, 3.8) is 0 Å². The number of carbonyl (C=O) groups is 3. The van der Waals surface area contributed by atoms with Crippen LogP contribution in [0.3, 0.4) is 0 Å². The standard InChI is InChI=1S/C24H21FN2O4/c1-16-10-12-20(13-11-16)27-24(30)22(17-6-3-2-4-7-17)31-21(28)15-26-23(29)18-8-5-9-19(25)14-18/h2-14,22H,15H2,1H3,(H,26,29)(H,27,30)/t22-/m0/s1. The van der Waals surface area contributed by atoms with E-state index in [0.717, 1.165) is 11.6 Å². The van der Waals surface area contributed by atoms with E-state index in [0.29, 0.717) is 11.3 Å². The van der Waals surface area contributed by atoms with E-state index in [1.54, 1.807) is 42.5 Å². The molecular weight excluding hydrogens is 399 g/mol. The number of ether oxygens (including phenoxy) is 1. The van der Waals surface area contributed by atoms with Crippen molar-refractivity contribution in [1.29, 1.82) is 0 Å². The number of anilines is 1. The number of halogens is 1. The second-order valence-electron chi connectivity index (χ2n) is 6.83. The smallest absolute Gasteiger partial charge is 0.326 e. The highest BCUT2D eigenvalue weighted by Crippen LogP contribution is 2.20. The average molecular weight is 420 g/mol. The van der Waals surface area contributed by atoms with Gasteiger partial charge in [0.15, 0.2) is 0 Å². The molecule has 2 N–H and O–H groups in total. The third kappa shape index (κ3) is 6.24. The van der Waals surface area contributed by atoms with Crippen molar-refractivity contribution in [3.8, 4) is 0 Å². The van der Waals surface area contributed by atoms with Gasteiger partial charge >= 0.3 is 5.97 Å². The highest BCUT2D eigenvalue weighted by atomic mass is 19.1. The van der Waals surface area contributed by atoms with Crippen molar-refractivity contribution in [2.45, 2.75) is 13.0 Å². The summed E-state index contributed by atoms with van der Waals surface area (Å²) < 4.78 is 18.6. The van der Waals surface area contributed by atoms with Crippen LogP contribution in [0.4, 0.5) is 10.1 Å². The van der Waals surface area contributed by atoms with Gasteiger partial charge in [-0.3, -0.25) is 14.4 Å². The Hall–Kier alpha value is -4.00. The summed E-state index contributed by atoms with van der Waals surface area (Å²) in [6.45, 7) is 1.45. The first-order chi connectivity index (χ1) is 14.9.